The largest absolute Gasteiger partial charge is 0.310 e. The normalized spacial score (nSPS) is 12.9. The van der Waals surface area contributed by atoms with Gasteiger partial charge >= 0.3 is 0 Å². The van der Waals surface area contributed by atoms with Gasteiger partial charge in [-0.3, -0.25) is 4.98 Å². The molecule has 19 heavy (non-hydrogen) atoms. The van der Waals surface area contributed by atoms with Crippen molar-refractivity contribution in [1.82, 2.24) is 10.3 Å². The maximum absolute atomic E-state index is 4.48. The lowest BCUT2D eigenvalue weighted by Crippen LogP contribution is -2.22. The van der Waals surface area contributed by atoms with Crippen molar-refractivity contribution in [3.8, 4) is 0 Å². The second-order valence-corrected chi connectivity index (χ2v) is 6.01. The average Bonchev–Trinajstić information content (AvgIpc) is 2.31. The standard InChI is InChI=1S/C17H30N2/c1-6-10-18-17(9-7-8-13(2)3)16-11-14(4)19-15(5)12-16/h11-13,17-18H,6-10H2,1-5H3. The number of hydrogen-bond donors (Lipinski definition) is 1. The lowest BCUT2D eigenvalue weighted by Gasteiger charge is -2.20. The van der Waals surface area contributed by atoms with Crippen molar-refractivity contribution in [1.29, 1.82) is 0 Å². The van der Waals surface area contributed by atoms with E-state index >= 15 is 0 Å². The van der Waals surface area contributed by atoms with E-state index in [4.69, 9.17) is 0 Å². The number of aryl methyl sites for hydroxylation is 2. The van der Waals surface area contributed by atoms with Crippen LogP contribution in [-0.2, 0) is 0 Å². The smallest absolute Gasteiger partial charge is 0.0379 e. The predicted molar refractivity (Wildman–Crippen MR) is 83.4 cm³/mol. The van der Waals surface area contributed by atoms with Crippen molar-refractivity contribution in [2.75, 3.05) is 6.54 Å². The molecule has 0 radical (unpaired) electrons. The summed E-state index contributed by atoms with van der Waals surface area (Å²) < 4.78 is 0. The molecule has 1 heterocycles. The Kier molecular flexibility index (Phi) is 7.07. The van der Waals surface area contributed by atoms with Crippen LogP contribution in [0.4, 0.5) is 0 Å². The van der Waals surface area contributed by atoms with Crippen LogP contribution in [-0.4, -0.2) is 11.5 Å². The minimum absolute atomic E-state index is 0.485. The monoisotopic (exact) mass is 262 g/mol. The van der Waals surface area contributed by atoms with Crippen LogP contribution in [0.25, 0.3) is 0 Å². The number of nitrogens with one attached hydrogen (secondary N) is 1. The second-order valence-electron chi connectivity index (χ2n) is 6.01. The van der Waals surface area contributed by atoms with Gasteiger partial charge in [-0.2, -0.15) is 0 Å². The van der Waals surface area contributed by atoms with Crippen molar-refractivity contribution in [3.05, 3.63) is 29.1 Å². The zero-order valence-electron chi connectivity index (χ0n) is 13.3. The molecule has 1 unspecified atom stereocenters. The summed E-state index contributed by atoms with van der Waals surface area (Å²) in [5.41, 5.74) is 3.66. The van der Waals surface area contributed by atoms with Gasteiger partial charge in [0.15, 0.2) is 0 Å². The van der Waals surface area contributed by atoms with Gasteiger partial charge in [-0.1, -0.05) is 33.6 Å². The van der Waals surface area contributed by atoms with Crippen LogP contribution in [0.15, 0.2) is 12.1 Å². The number of rotatable bonds is 8. The highest BCUT2D eigenvalue weighted by Gasteiger charge is 2.12. The molecule has 2 heteroatoms. The first-order valence-electron chi connectivity index (χ1n) is 7.71. The van der Waals surface area contributed by atoms with E-state index in [1.165, 1.54) is 31.2 Å². The number of nitrogens with zero attached hydrogens (tertiary/aromatic N) is 1. The lowest BCUT2D eigenvalue weighted by molar-refractivity contribution is 0.447. The van der Waals surface area contributed by atoms with E-state index in [1.54, 1.807) is 0 Å². The molecule has 0 aliphatic carbocycles. The summed E-state index contributed by atoms with van der Waals surface area (Å²) in [6.07, 6.45) is 5.01. The number of pyridine rings is 1. The Labute approximate surface area is 119 Å². The Bertz CT molecular complexity index is 351. The third-order valence-electron chi connectivity index (χ3n) is 3.42. The van der Waals surface area contributed by atoms with Crippen molar-refractivity contribution in [2.45, 2.75) is 66.3 Å². The highest BCUT2D eigenvalue weighted by molar-refractivity contribution is 5.23. The summed E-state index contributed by atoms with van der Waals surface area (Å²) in [5, 5.41) is 3.69. The van der Waals surface area contributed by atoms with Crippen LogP contribution >= 0.6 is 0 Å². The van der Waals surface area contributed by atoms with E-state index in [0.717, 1.165) is 23.9 Å². The van der Waals surface area contributed by atoms with Crippen LogP contribution in [0.2, 0.25) is 0 Å². The molecule has 0 aliphatic rings. The summed E-state index contributed by atoms with van der Waals surface area (Å²) in [6.45, 7) is 12.1. The first-order valence-corrected chi connectivity index (χ1v) is 7.71. The first kappa shape index (κ1) is 16.2. The molecule has 0 saturated heterocycles. The van der Waals surface area contributed by atoms with E-state index < -0.39 is 0 Å². The quantitative estimate of drug-likeness (QED) is 0.742. The van der Waals surface area contributed by atoms with Crippen LogP contribution in [0.3, 0.4) is 0 Å². The Balaban J connectivity index is 2.71. The van der Waals surface area contributed by atoms with Gasteiger partial charge in [0, 0.05) is 17.4 Å². The average molecular weight is 262 g/mol. The molecule has 1 aromatic rings. The topological polar surface area (TPSA) is 24.9 Å². The molecule has 0 bridgehead atoms. The fraction of sp³-hybridized carbons (Fsp3) is 0.706. The zero-order chi connectivity index (χ0) is 14.3. The molecule has 108 valence electrons. The molecular weight excluding hydrogens is 232 g/mol. The Hall–Kier alpha value is -0.890. The van der Waals surface area contributed by atoms with Gasteiger partial charge in [0.1, 0.15) is 0 Å². The number of hydrogen-bond acceptors (Lipinski definition) is 2. The Morgan fingerprint density at radius 1 is 1.11 bits per heavy atom. The van der Waals surface area contributed by atoms with E-state index in [2.05, 4.69) is 57.1 Å². The van der Waals surface area contributed by atoms with E-state index in [1.807, 2.05) is 0 Å². The van der Waals surface area contributed by atoms with E-state index in [-0.39, 0.29) is 0 Å². The highest BCUT2D eigenvalue weighted by atomic mass is 14.9. The molecule has 0 spiro atoms. The van der Waals surface area contributed by atoms with Crippen molar-refractivity contribution >= 4 is 0 Å². The zero-order valence-corrected chi connectivity index (χ0v) is 13.3. The molecule has 0 aromatic carbocycles. The van der Waals surface area contributed by atoms with Gasteiger partial charge in [-0.15, -0.1) is 0 Å². The third-order valence-corrected chi connectivity index (χ3v) is 3.42. The van der Waals surface area contributed by atoms with Gasteiger partial charge in [0.2, 0.25) is 0 Å². The van der Waals surface area contributed by atoms with Crippen LogP contribution in [0.5, 0.6) is 0 Å². The molecule has 0 fully saturated rings. The van der Waals surface area contributed by atoms with Crippen molar-refractivity contribution < 1.29 is 0 Å². The molecule has 1 atom stereocenters. The van der Waals surface area contributed by atoms with Crippen molar-refractivity contribution in [2.24, 2.45) is 5.92 Å². The Morgan fingerprint density at radius 2 is 1.74 bits per heavy atom. The third kappa shape index (κ3) is 6.20. The second kappa shape index (κ2) is 8.31. The van der Waals surface area contributed by atoms with Crippen LogP contribution in [0, 0.1) is 19.8 Å². The van der Waals surface area contributed by atoms with Crippen LogP contribution < -0.4 is 5.32 Å². The molecule has 0 saturated carbocycles. The SMILES string of the molecule is CCCNC(CCCC(C)C)c1cc(C)nc(C)c1. The summed E-state index contributed by atoms with van der Waals surface area (Å²) in [6, 6.07) is 4.95. The van der Waals surface area contributed by atoms with Gasteiger partial charge in [-0.05, 0) is 56.8 Å². The van der Waals surface area contributed by atoms with Crippen LogP contribution in [0.1, 0.15) is 69.4 Å². The summed E-state index contributed by atoms with van der Waals surface area (Å²) in [7, 11) is 0. The van der Waals surface area contributed by atoms with Gasteiger partial charge in [0.25, 0.3) is 0 Å². The molecule has 0 aliphatic heterocycles. The maximum atomic E-state index is 4.48. The summed E-state index contributed by atoms with van der Waals surface area (Å²) in [5.74, 6) is 0.799. The fourth-order valence-electron chi connectivity index (χ4n) is 2.50. The van der Waals surface area contributed by atoms with Crippen molar-refractivity contribution in [3.63, 3.8) is 0 Å². The molecule has 1 N–H and O–H groups in total. The Morgan fingerprint density at radius 3 is 2.26 bits per heavy atom. The maximum Gasteiger partial charge on any atom is 0.0379 e. The summed E-state index contributed by atoms with van der Waals surface area (Å²) in [4.78, 5) is 4.48. The molecular formula is C17H30N2. The van der Waals surface area contributed by atoms with E-state index in [9.17, 15) is 0 Å². The minimum Gasteiger partial charge on any atom is -0.310 e. The van der Waals surface area contributed by atoms with Gasteiger partial charge in [0.05, 0.1) is 0 Å². The number of aromatic nitrogens is 1. The van der Waals surface area contributed by atoms with Gasteiger partial charge in [-0.25, -0.2) is 0 Å². The van der Waals surface area contributed by atoms with Gasteiger partial charge < -0.3 is 5.32 Å². The highest BCUT2D eigenvalue weighted by Crippen LogP contribution is 2.22. The summed E-state index contributed by atoms with van der Waals surface area (Å²) >= 11 is 0. The molecule has 1 aromatic heterocycles. The predicted octanol–water partition coefficient (Wildman–Crippen LogP) is 4.57. The van der Waals surface area contributed by atoms with E-state index in [0.29, 0.717) is 6.04 Å². The first-order chi connectivity index (χ1) is 9.02. The molecule has 0 amide bonds. The molecule has 2 nitrogen and oxygen atoms in total. The lowest BCUT2D eigenvalue weighted by atomic mass is 9.97. The fourth-order valence-corrected chi connectivity index (χ4v) is 2.50. The minimum atomic E-state index is 0.485. The molecule has 1 rings (SSSR count).